The summed E-state index contributed by atoms with van der Waals surface area (Å²) in [5.41, 5.74) is 1.23. The Bertz CT molecular complexity index is 522. The van der Waals surface area contributed by atoms with E-state index in [1.165, 1.54) is 5.56 Å². The number of hydrogen-bond acceptors (Lipinski definition) is 3. The van der Waals surface area contributed by atoms with Gasteiger partial charge in [-0.2, -0.15) is 0 Å². The van der Waals surface area contributed by atoms with Crippen LogP contribution in [0, 0.1) is 0 Å². The molecule has 1 aromatic carbocycles. The fraction of sp³-hybridized carbons (Fsp3) is 0.375. The summed E-state index contributed by atoms with van der Waals surface area (Å²) < 4.78 is 10.7. The van der Waals surface area contributed by atoms with Crippen LogP contribution in [0.3, 0.4) is 0 Å². The molecule has 0 aliphatic rings. The van der Waals surface area contributed by atoms with Crippen molar-refractivity contribution in [2.24, 2.45) is 0 Å². The molecule has 2 aromatic rings. The average molecular weight is 294 g/mol. The average Bonchev–Trinajstić information content (AvgIpc) is 2.90. The highest BCUT2D eigenvalue weighted by atomic mass is 35.5. The van der Waals surface area contributed by atoms with Crippen molar-refractivity contribution in [1.29, 1.82) is 0 Å². The smallest absolute Gasteiger partial charge is 0.193 e. The van der Waals surface area contributed by atoms with Gasteiger partial charge in [-0.1, -0.05) is 19.1 Å². The summed E-state index contributed by atoms with van der Waals surface area (Å²) in [7, 11) is 1.67. The molecule has 1 N–H and O–H groups in total. The number of nitrogens with one attached hydrogen (secondary N) is 1. The number of furan rings is 1. The first-order chi connectivity index (χ1) is 9.72. The van der Waals surface area contributed by atoms with Crippen molar-refractivity contribution in [2.45, 2.75) is 25.8 Å². The van der Waals surface area contributed by atoms with Gasteiger partial charge in [-0.15, -0.1) is 0 Å². The van der Waals surface area contributed by atoms with Gasteiger partial charge in [0.15, 0.2) is 5.22 Å². The largest absolute Gasteiger partial charge is 0.497 e. The molecule has 0 radical (unpaired) electrons. The topological polar surface area (TPSA) is 34.4 Å². The van der Waals surface area contributed by atoms with E-state index in [0.29, 0.717) is 5.22 Å². The quantitative estimate of drug-likeness (QED) is 0.830. The Kier molecular flexibility index (Phi) is 5.50. The first kappa shape index (κ1) is 14.9. The number of benzene rings is 1. The molecule has 0 spiro atoms. The van der Waals surface area contributed by atoms with Crippen LogP contribution in [-0.4, -0.2) is 13.7 Å². The fourth-order valence-corrected chi connectivity index (χ4v) is 2.26. The highest BCUT2D eigenvalue weighted by Gasteiger charge is 2.15. The molecule has 20 heavy (non-hydrogen) atoms. The summed E-state index contributed by atoms with van der Waals surface area (Å²) in [5.74, 6) is 1.74. The maximum absolute atomic E-state index is 5.87. The maximum atomic E-state index is 5.87. The van der Waals surface area contributed by atoms with Crippen LogP contribution in [0.25, 0.3) is 0 Å². The zero-order valence-corrected chi connectivity index (χ0v) is 12.6. The van der Waals surface area contributed by atoms with Crippen molar-refractivity contribution >= 4 is 11.6 Å². The summed E-state index contributed by atoms with van der Waals surface area (Å²) in [5, 5.41) is 3.92. The molecule has 1 unspecified atom stereocenters. The van der Waals surface area contributed by atoms with Crippen molar-refractivity contribution in [2.75, 3.05) is 13.7 Å². The molecule has 0 saturated heterocycles. The molecule has 1 heterocycles. The highest BCUT2D eigenvalue weighted by molar-refractivity contribution is 6.28. The van der Waals surface area contributed by atoms with E-state index in [0.717, 1.165) is 30.9 Å². The maximum Gasteiger partial charge on any atom is 0.193 e. The Morgan fingerprint density at radius 1 is 1.20 bits per heavy atom. The van der Waals surface area contributed by atoms with Crippen LogP contribution in [0.15, 0.2) is 40.8 Å². The Balaban J connectivity index is 2.10. The zero-order valence-electron chi connectivity index (χ0n) is 11.9. The van der Waals surface area contributed by atoms with Gasteiger partial charge < -0.3 is 14.5 Å². The Labute approximate surface area is 124 Å². The van der Waals surface area contributed by atoms with Crippen LogP contribution in [-0.2, 0) is 6.42 Å². The number of methoxy groups -OCH3 is 1. The molecule has 3 nitrogen and oxygen atoms in total. The van der Waals surface area contributed by atoms with E-state index in [9.17, 15) is 0 Å². The summed E-state index contributed by atoms with van der Waals surface area (Å²) in [6.07, 6.45) is 1.93. The summed E-state index contributed by atoms with van der Waals surface area (Å²) in [6, 6.07) is 11.9. The van der Waals surface area contributed by atoms with E-state index in [1.807, 2.05) is 18.2 Å². The molecule has 0 aliphatic heterocycles. The van der Waals surface area contributed by atoms with Gasteiger partial charge in [0, 0.05) is 0 Å². The van der Waals surface area contributed by atoms with Gasteiger partial charge >= 0.3 is 0 Å². The van der Waals surface area contributed by atoms with Crippen molar-refractivity contribution in [1.82, 2.24) is 5.32 Å². The Morgan fingerprint density at radius 2 is 1.95 bits per heavy atom. The zero-order chi connectivity index (χ0) is 14.4. The van der Waals surface area contributed by atoms with E-state index in [-0.39, 0.29) is 6.04 Å². The van der Waals surface area contributed by atoms with E-state index >= 15 is 0 Å². The lowest BCUT2D eigenvalue weighted by Gasteiger charge is -2.16. The molecule has 1 aromatic heterocycles. The predicted molar refractivity (Wildman–Crippen MR) is 81.5 cm³/mol. The van der Waals surface area contributed by atoms with Crippen LogP contribution in [0.5, 0.6) is 5.75 Å². The van der Waals surface area contributed by atoms with Gasteiger partial charge in [-0.25, -0.2) is 0 Å². The van der Waals surface area contributed by atoms with Gasteiger partial charge in [-0.3, -0.25) is 0 Å². The second-order valence-electron chi connectivity index (χ2n) is 4.70. The Hall–Kier alpha value is -1.45. The molecule has 4 heteroatoms. The number of halogens is 1. The standard InChI is InChI=1S/C16H20ClNO2/c1-3-10-18-14(15-8-9-16(17)20-15)11-12-4-6-13(19-2)7-5-12/h4-9,14,18H,3,10-11H2,1-2H3. The molecular weight excluding hydrogens is 274 g/mol. The minimum Gasteiger partial charge on any atom is -0.497 e. The SMILES string of the molecule is CCCNC(Cc1ccc(OC)cc1)c1ccc(Cl)o1. The van der Waals surface area contributed by atoms with Crippen LogP contribution >= 0.6 is 11.6 Å². The van der Waals surface area contributed by atoms with E-state index in [2.05, 4.69) is 24.4 Å². The number of ether oxygens (including phenoxy) is 1. The van der Waals surface area contributed by atoms with Crippen LogP contribution < -0.4 is 10.1 Å². The summed E-state index contributed by atoms with van der Waals surface area (Å²) >= 11 is 5.87. The van der Waals surface area contributed by atoms with Crippen LogP contribution in [0.2, 0.25) is 5.22 Å². The van der Waals surface area contributed by atoms with Gasteiger partial charge in [0.05, 0.1) is 13.2 Å². The van der Waals surface area contributed by atoms with Crippen LogP contribution in [0.1, 0.15) is 30.7 Å². The predicted octanol–water partition coefficient (Wildman–Crippen LogP) is 4.23. The molecule has 0 amide bonds. The van der Waals surface area contributed by atoms with Gasteiger partial charge in [0.25, 0.3) is 0 Å². The van der Waals surface area contributed by atoms with Crippen LogP contribution in [0.4, 0.5) is 0 Å². The molecule has 2 rings (SSSR count). The minimum absolute atomic E-state index is 0.135. The first-order valence-electron chi connectivity index (χ1n) is 6.84. The van der Waals surface area contributed by atoms with Crippen molar-refractivity contribution in [3.8, 4) is 5.75 Å². The van der Waals surface area contributed by atoms with E-state index in [1.54, 1.807) is 13.2 Å². The lowest BCUT2D eigenvalue weighted by molar-refractivity contribution is 0.409. The molecular formula is C16H20ClNO2. The molecule has 0 bridgehead atoms. The number of rotatable bonds is 7. The Morgan fingerprint density at radius 3 is 2.50 bits per heavy atom. The first-order valence-corrected chi connectivity index (χ1v) is 7.22. The monoisotopic (exact) mass is 293 g/mol. The highest BCUT2D eigenvalue weighted by Crippen LogP contribution is 2.24. The van der Waals surface area contributed by atoms with Crippen molar-refractivity contribution in [3.63, 3.8) is 0 Å². The van der Waals surface area contributed by atoms with Crippen molar-refractivity contribution < 1.29 is 9.15 Å². The summed E-state index contributed by atoms with van der Waals surface area (Å²) in [4.78, 5) is 0. The van der Waals surface area contributed by atoms with E-state index in [4.69, 9.17) is 20.8 Å². The summed E-state index contributed by atoms with van der Waals surface area (Å²) in [6.45, 7) is 3.09. The third-order valence-corrected chi connectivity index (χ3v) is 3.38. The third kappa shape index (κ3) is 4.02. The molecule has 0 aliphatic carbocycles. The second kappa shape index (κ2) is 7.36. The number of hydrogen-bond donors (Lipinski definition) is 1. The molecule has 0 fully saturated rings. The normalized spacial score (nSPS) is 12.3. The lowest BCUT2D eigenvalue weighted by Crippen LogP contribution is -2.23. The minimum atomic E-state index is 0.135. The van der Waals surface area contributed by atoms with Gasteiger partial charge in [-0.05, 0) is 60.8 Å². The van der Waals surface area contributed by atoms with E-state index < -0.39 is 0 Å². The molecule has 1 atom stereocenters. The van der Waals surface area contributed by atoms with Gasteiger partial charge in [0.1, 0.15) is 11.5 Å². The lowest BCUT2D eigenvalue weighted by atomic mass is 10.0. The second-order valence-corrected chi connectivity index (χ2v) is 5.07. The fourth-order valence-electron chi connectivity index (χ4n) is 2.10. The van der Waals surface area contributed by atoms with Crippen molar-refractivity contribution in [3.05, 3.63) is 52.9 Å². The molecule has 108 valence electrons. The molecule has 0 saturated carbocycles. The van der Waals surface area contributed by atoms with Gasteiger partial charge in [0.2, 0.25) is 0 Å². The third-order valence-electron chi connectivity index (χ3n) is 3.18.